The number of carbonyl (C=O) groups excluding carboxylic acids is 1. The molecule has 0 aliphatic carbocycles. The van der Waals surface area contributed by atoms with E-state index in [9.17, 15) is 9.18 Å². The minimum Gasteiger partial charge on any atom is -0.355 e. The lowest BCUT2D eigenvalue weighted by Gasteiger charge is -2.04. The van der Waals surface area contributed by atoms with Gasteiger partial charge in [-0.25, -0.2) is 4.39 Å². The van der Waals surface area contributed by atoms with E-state index in [4.69, 9.17) is 11.6 Å². The van der Waals surface area contributed by atoms with E-state index >= 15 is 0 Å². The summed E-state index contributed by atoms with van der Waals surface area (Å²) in [4.78, 5) is 11.3. The molecular weight excluding hydrogens is 257 g/mol. The molecule has 6 heteroatoms. The summed E-state index contributed by atoms with van der Waals surface area (Å²) in [7, 11) is 1.48. The summed E-state index contributed by atoms with van der Waals surface area (Å²) < 4.78 is 13.9. The number of halogens is 2. The zero-order valence-electron chi connectivity index (χ0n) is 9.45. The average Bonchev–Trinajstić information content (AvgIpc) is 2.39. The van der Waals surface area contributed by atoms with Crippen molar-refractivity contribution < 1.29 is 9.18 Å². The van der Waals surface area contributed by atoms with Crippen LogP contribution in [-0.4, -0.2) is 23.2 Å². The van der Waals surface area contributed by atoms with Crippen LogP contribution >= 0.6 is 11.6 Å². The van der Waals surface area contributed by atoms with Crippen molar-refractivity contribution in [3.63, 3.8) is 0 Å². The molecule has 0 aliphatic rings. The predicted molar refractivity (Wildman–Crippen MR) is 65.8 cm³/mol. The van der Waals surface area contributed by atoms with Gasteiger partial charge in [-0.15, -0.1) is 10.2 Å². The van der Waals surface area contributed by atoms with Gasteiger partial charge in [-0.3, -0.25) is 4.79 Å². The summed E-state index contributed by atoms with van der Waals surface area (Å²) in [6, 6.07) is 7.25. The first-order chi connectivity index (χ1) is 8.61. The van der Waals surface area contributed by atoms with E-state index in [1.165, 1.54) is 25.2 Å². The van der Waals surface area contributed by atoms with Crippen LogP contribution < -0.4 is 5.32 Å². The van der Waals surface area contributed by atoms with Crippen LogP contribution in [0.15, 0.2) is 30.3 Å². The smallest absolute Gasteiger partial charge is 0.251 e. The number of hydrogen-bond acceptors (Lipinski definition) is 3. The fraction of sp³-hybridized carbons (Fsp3) is 0.0833. The Morgan fingerprint density at radius 2 is 2.06 bits per heavy atom. The molecule has 0 spiro atoms. The molecule has 1 aromatic heterocycles. The van der Waals surface area contributed by atoms with Crippen LogP contribution in [0.4, 0.5) is 4.39 Å². The van der Waals surface area contributed by atoms with Gasteiger partial charge in [-0.1, -0.05) is 11.6 Å². The van der Waals surface area contributed by atoms with Crippen LogP contribution in [0.5, 0.6) is 0 Å². The van der Waals surface area contributed by atoms with Crippen molar-refractivity contribution in [2.75, 3.05) is 7.05 Å². The highest BCUT2D eigenvalue weighted by Crippen LogP contribution is 2.22. The highest BCUT2D eigenvalue weighted by molar-refractivity contribution is 6.29. The average molecular weight is 266 g/mol. The molecule has 18 heavy (non-hydrogen) atoms. The summed E-state index contributed by atoms with van der Waals surface area (Å²) in [5.41, 5.74) is 0.882. The molecule has 1 N–H and O–H groups in total. The van der Waals surface area contributed by atoms with Gasteiger partial charge in [0.1, 0.15) is 5.82 Å². The Labute approximate surface area is 108 Å². The van der Waals surface area contributed by atoms with Gasteiger partial charge in [-0.05, 0) is 30.3 Å². The van der Waals surface area contributed by atoms with Crippen LogP contribution in [0.3, 0.4) is 0 Å². The molecule has 1 amide bonds. The Bertz CT molecular complexity index is 586. The second-order valence-corrected chi connectivity index (χ2v) is 3.90. The Morgan fingerprint density at radius 1 is 1.28 bits per heavy atom. The molecule has 92 valence electrons. The molecule has 2 rings (SSSR count). The zero-order valence-corrected chi connectivity index (χ0v) is 10.2. The second-order valence-electron chi connectivity index (χ2n) is 3.52. The number of nitrogens with zero attached hydrogens (tertiary/aromatic N) is 2. The lowest BCUT2D eigenvalue weighted by Crippen LogP contribution is -2.17. The molecule has 0 atom stereocenters. The number of nitrogens with one attached hydrogen (secondary N) is 1. The molecule has 0 unspecified atom stereocenters. The summed E-state index contributed by atoms with van der Waals surface area (Å²) >= 11 is 5.60. The second kappa shape index (κ2) is 5.10. The maximum absolute atomic E-state index is 13.9. The monoisotopic (exact) mass is 265 g/mol. The van der Waals surface area contributed by atoms with Crippen LogP contribution in [0.25, 0.3) is 11.3 Å². The van der Waals surface area contributed by atoms with Crippen molar-refractivity contribution in [2.24, 2.45) is 0 Å². The summed E-state index contributed by atoms with van der Waals surface area (Å²) in [6.07, 6.45) is 0. The molecule has 0 saturated carbocycles. The van der Waals surface area contributed by atoms with Gasteiger partial charge in [0.2, 0.25) is 0 Å². The van der Waals surface area contributed by atoms with E-state index < -0.39 is 5.82 Å². The van der Waals surface area contributed by atoms with Crippen molar-refractivity contribution >= 4 is 17.5 Å². The molecule has 0 bridgehead atoms. The molecule has 4 nitrogen and oxygen atoms in total. The quantitative estimate of drug-likeness (QED) is 0.906. The third-order valence-corrected chi connectivity index (χ3v) is 2.57. The number of carbonyl (C=O) groups is 1. The standard InChI is InChI=1S/C12H9ClFN3O/c1-15-12(18)7-2-3-8(9(14)6-7)10-4-5-11(13)17-16-10/h2-6H,1H3,(H,15,18). The van der Waals surface area contributed by atoms with Crippen LogP contribution in [0, 0.1) is 5.82 Å². The molecule has 0 saturated heterocycles. The topological polar surface area (TPSA) is 54.9 Å². The Morgan fingerprint density at radius 3 is 2.61 bits per heavy atom. The SMILES string of the molecule is CNC(=O)c1ccc(-c2ccc(Cl)nn2)c(F)c1. The van der Waals surface area contributed by atoms with E-state index in [0.717, 1.165) is 6.07 Å². The third kappa shape index (κ3) is 2.46. The number of aromatic nitrogens is 2. The van der Waals surface area contributed by atoms with Gasteiger partial charge in [0, 0.05) is 18.2 Å². The van der Waals surface area contributed by atoms with Crippen molar-refractivity contribution in [3.8, 4) is 11.3 Å². The Hall–Kier alpha value is -2.01. The van der Waals surface area contributed by atoms with Gasteiger partial charge in [0.05, 0.1) is 5.69 Å². The van der Waals surface area contributed by atoms with Crippen LogP contribution in [0.1, 0.15) is 10.4 Å². The van der Waals surface area contributed by atoms with E-state index in [1.54, 1.807) is 6.07 Å². The Kier molecular flexibility index (Phi) is 3.53. The van der Waals surface area contributed by atoms with Gasteiger partial charge < -0.3 is 5.32 Å². The van der Waals surface area contributed by atoms with Crippen molar-refractivity contribution in [1.29, 1.82) is 0 Å². The summed E-state index contributed by atoms with van der Waals surface area (Å²) in [5.74, 6) is -0.879. The van der Waals surface area contributed by atoms with Gasteiger partial charge in [-0.2, -0.15) is 0 Å². The molecule has 0 aliphatic heterocycles. The first kappa shape index (κ1) is 12.4. The van der Waals surface area contributed by atoms with Gasteiger partial charge in [0.25, 0.3) is 5.91 Å². The molecular formula is C12H9ClFN3O. The van der Waals surface area contributed by atoms with Crippen molar-refractivity contribution in [1.82, 2.24) is 15.5 Å². The van der Waals surface area contributed by atoms with E-state index in [-0.39, 0.29) is 22.2 Å². The third-order valence-electron chi connectivity index (χ3n) is 2.37. The lowest BCUT2D eigenvalue weighted by molar-refractivity contribution is 0.0962. The van der Waals surface area contributed by atoms with E-state index in [2.05, 4.69) is 15.5 Å². The molecule has 0 fully saturated rings. The highest BCUT2D eigenvalue weighted by atomic mass is 35.5. The first-order valence-electron chi connectivity index (χ1n) is 5.13. The maximum Gasteiger partial charge on any atom is 0.251 e. The number of benzene rings is 1. The number of hydrogen-bond donors (Lipinski definition) is 1. The fourth-order valence-electron chi connectivity index (χ4n) is 1.47. The van der Waals surface area contributed by atoms with Crippen LogP contribution in [-0.2, 0) is 0 Å². The van der Waals surface area contributed by atoms with Crippen molar-refractivity contribution in [3.05, 3.63) is 46.9 Å². The Balaban J connectivity index is 2.41. The van der Waals surface area contributed by atoms with Crippen molar-refractivity contribution in [2.45, 2.75) is 0 Å². The van der Waals surface area contributed by atoms with E-state index in [1.807, 2.05) is 0 Å². The zero-order chi connectivity index (χ0) is 13.1. The number of rotatable bonds is 2. The predicted octanol–water partition coefficient (Wildman–Crippen LogP) is 2.30. The normalized spacial score (nSPS) is 10.2. The summed E-state index contributed by atoms with van der Waals surface area (Å²) in [5, 5.41) is 10.1. The lowest BCUT2D eigenvalue weighted by atomic mass is 10.1. The minimum atomic E-state index is -0.535. The highest BCUT2D eigenvalue weighted by Gasteiger charge is 2.11. The molecule has 0 radical (unpaired) electrons. The number of amides is 1. The van der Waals surface area contributed by atoms with Crippen LogP contribution in [0.2, 0.25) is 5.15 Å². The summed E-state index contributed by atoms with van der Waals surface area (Å²) in [6.45, 7) is 0. The minimum absolute atomic E-state index is 0.237. The van der Waals surface area contributed by atoms with E-state index in [0.29, 0.717) is 5.69 Å². The fourth-order valence-corrected chi connectivity index (χ4v) is 1.57. The maximum atomic E-state index is 13.9. The van der Waals surface area contributed by atoms with Gasteiger partial charge in [0.15, 0.2) is 5.15 Å². The largest absolute Gasteiger partial charge is 0.355 e. The molecule has 2 aromatic rings. The molecule has 1 heterocycles. The first-order valence-corrected chi connectivity index (χ1v) is 5.51. The van der Waals surface area contributed by atoms with Gasteiger partial charge >= 0.3 is 0 Å². The molecule has 1 aromatic carbocycles.